The van der Waals surface area contributed by atoms with Gasteiger partial charge in [-0.2, -0.15) is 0 Å². The van der Waals surface area contributed by atoms with E-state index in [1.165, 1.54) is 33.6 Å². The maximum Gasteiger partial charge on any atom is 0.254 e. The molecule has 0 aliphatic heterocycles. The fraction of sp³-hybridized carbons (Fsp3) is 0.241. The first kappa shape index (κ1) is 24.3. The van der Waals surface area contributed by atoms with E-state index in [1.807, 2.05) is 41.7 Å². The SMILES string of the molecule is Nc1cc(C(=O)CN(CCOc2cccc3c4c(sc23)CCCC4)C(=O)c2ccccc2)ccc1Cl. The number of fused-ring (bicyclic) bond motifs is 3. The van der Waals surface area contributed by atoms with E-state index in [9.17, 15) is 9.59 Å². The van der Waals surface area contributed by atoms with Crippen LogP contribution in [0.2, 0.25) is 5.02 Å². The maximum atomic E-state index is 13.3. The zero-order chi connectivity index (χ0) is 25.1. The van der Waals surface area contributed by atoms with Gasteiger partial charge in [0, 0.05) is 16.0 Å². The van der Waals surface area contributed by atoms with Gasteiger partial charge in [-0.15, -0.1) is 11.3 Å². The summed E-state index contributed by atoms with van der Waals surface area (Å²) in [5.74, 6) is 0.394. The van der Waals surface area contributed by atoms with Gasteiger partial charge in [-0.25, -0.2) is 0 Å². The summed E-state index contributed by atoms with van der Waals surface area (Å²) in [5.41, 5.74) is 8.61. The van der Waals surface area contributed by atoms with E-state index >= 15 is 0 Å². The lowest BCUT2D eigenvalue weighted by atomic mass is 9.96. The summed E-state index contributed by atoms with van der Waals surface area (Å²) < 4.78 is 7.37. The van der Waals surface area contributed by atoms with Crippen LogP contribution in [0.25, 0.3) is 10.1 Å². The minimum absolute atomic E-state index is 0.0876. The Morgan fingerprint density at radius 3 is 2.58 bits per heavy atom. The van der Waals surface area contributed by atoms with Crippen molar-refractivity contribution < 1.29 is 14.3 Å². The lowest BCUT2D eigenvalue weighted by Gasteiger charge is -2.22. The molecule has 3 aromatic carbocycles. The fourth-order valence-corrected chi connectivity index (χ4v) is 6.11. The van der Waals surface area contributed by atoms with Crippen molar-refractivity contribution in [3.8, 4) is 5.75 Å². The highest BCUT2D eigenvalue weighted by Gasteiger charge is 2.21. The monoisotopic (exact) mass is 518 g/mol. The van der Waals surface area contributed by atoms with Crippen LogP contribution in [0.3, 0.4) is 0 Å². The summed E-state index contributed by atoms with van der Waals surface area (Å²) in [7, 11) is 0. The van der Waals surface area contributed by atoms with Gasteiger partial charge in [-0.1, -0.05) is 41.9 Å². The van der Waals surface area contributed by atoms with Gasteiger partial charge < -0.3 is 15.4 Å². The molecule has 1 aromatic heterocycles. The molecule has 0 saturated carbocycles. The number of anilines is 1. The molecule has 0 saturated heterocycles. The van der Waals surface area contributed by atoms with Crippen LogP contribution in [-0.2, 0) is 12.8 Å². The largest absolute Gasteiger partial charge is 0.490 e. The number of aryl methyl sites for hydroxylation is 2. The Morgan fingerprint density at radius 1 is 0.972 bits per heavy atom. The first-order chi connectivity index (χ1) is 17.5. The summed E-state index contributed by atoms with van der Waals surface area (Å²) in [5, 5.41) is 1.67. The number of halogens is 1. The van der Waals surface area contributed by atoms with E-state index < -0.39 is 0 Å². The van der Waals surface area contributed by atoms with Crippen LogP contribution in [0, 0.1) is 0 Å². The molecule has 2 N–H and O–H groups in total. The zero-order valence-corrected chi connectivity index (χ0v) is 21.4. The number of Topliss-reactive ketones (excluding diaryl/α,β-unsaturated/α-hetero) is 1. The van der Waals surface area contributed by atoms with Gasteiger partial charge in [0.2, 0.25) is 0 Å². The second-order valence-corrected chi connectivity index (χ2v) is 10.5. The Hall–Kier alpha value is -3.35. The van der Waals surface area contributed by atoms with Crippen molar-refractivity contribution in [2.75, 3.05) is 25.4 Å². The molecule has 0 atom stereocenters. The molecule has 1 heterocycles. The number of ketones is 1. The molecule has 1 aliphatic rings. The number of benzene rings is 3. The minimum atomic E-state index is -0.223. The molecule has 5 nitrogen and oxygen atoms in total. The normalized spacial score (nSPS) is 12.8. The van der Waals surface area contributed by atoms with Gasteiger partial charge in [0.25, 0.3) is 5.91 Å². The van der Waals surface area contributed by atoms with Crippen LogP contribution < -0.4 is 10.5 Å². The third-order valence-electron chi connectivity index (χ3n) is 6.53. The summed E-state index contributed by atoms with van der Waals surface area (Å²) in [4.78, 5) is 29.3. The summed E-state index contributed by atoms with van der Waals surface area (Å²) in [6, 6.07) is 19.9. The zero-order valence-electron chi connectivity index (χ0n) is 19.8. The van der Waals surface area contributed by atoms with Crippen LogP contribution in [0.4, 0.5) is 5.69 Å². The average Bonchev–Trinajstić information content (AvgIpc) is 3.29. The lowest BCUT2D eigenvalue weighted by molar-refractivity contribution is 0.0686. The van der Waals surface area contributed by atoms with E-state index in [-0.39, 0.29) is 31.4 Å². The molecule has 5 rings (SSSR count). The number of carbonyl (C=O) groups is 2. The third-order valence-corrected chi connectivity index (χ3v) is 8.19. The molecule has 0 unspecified atom stereocenters. The van der Waals surface area contributed by atoms with Crippen LogP contribution in [0.15, 0.2) is 66.7 Å². The number of ether oxygens (including phenoxy) is 1. The summed E-state index contributed by atoms with van der Waals surface area (Å²) >= 11 is 7.82. The standard InChI is InChI=1S/C29H27ClN2O3S/c30-23-14-13-20(17-24(23)31)25(33)18-32(29(34)19-7-2-1-3-8-19)15-16-35-26-11-6-10-22-21-9-4-5-12-27(21)36-28(22)26/h1-3,6-8,10-11,13-14,17H,4-5,9,12,15-16,18,31H2. The number of nitrogens with two attached hydrogens (primary N) is 1. The maximum absolute atomic E-state index is 13.3. The molecule has 0 radical (unpaired) electrons. The Balaban J connectivity index is 1.34. The first-order valence-corrected chi connectivity index (χ1v) is 13.3. The molecule has 7 heteroatoms. The second kappa shape index (κ2) is 10.7. The van der Waals surface area contributed by atoms with Gasteiger partial charge in [0.15, 0.2) is 5.78 Å². The average molecular weight is 519 g/mol. The number of nitrogen functional groups attached to an aromatic ring is 1. The highest BCUT2D eigenvalue weighted by Crippen LogP contribution is 2.40. The quantitative estimate of drug-likeness (QED) is 0.216. The molecule has 0 spiro atoms. The second-order valence-electron chi connectivity index (χ2n) is 8.94. The Morgan fingerprint density at radius 2 is 1.78 bits per heavy atom. The van der Waals surface area contributed by atoms with Gasteiger partial charge in [-0.05, 0) is 73.0 Å². The summed E-state index contributed by atoms with van der Waals surface area (Å²) in [6.45, 7) is 0.454. The van der Waals surface area contributed by atoms with Crippen LogP contribution in [0.5, 0.6) is 5.75 Å². The van der Waals surface area contributed by atoms with E-state index in [0.717, 1.165) is 23.3 Å². The van der Waals surface area contributed by atoms with Crippen molar-refractivity contribution in [1.82, 2.24) is 4.90 Å². The molecule has 36 heavy (non-hydrogen) atoms. The predicted molar refractivity (Wildman–Crippen MR) is 147 cm³/mol. The molecule has 0 bridgehead atoms. The summed E-state index contributed by atoms with van der Waals surface area (Å²) in [6.07, 6.45) is 4.72. The first-order valence-electron chi connectivity index (χ1n) is 12.1. The molecular formula is C29H27ClN2O3S. The molecule has 1 amide bonds. The predicted octanol–water partition coefficient (Wildman–Crippen LogP) is 6.42. The van der Waals surface area contributed by atoms with E-state index in [2.05, 4.69) is 6.07 Å². The Kier molecular flexibility index (Phi) is 7.25. The third kappa shape index (κ3) is 5.11. The molecular weight excluding hydrogens is 492 g/mol. The molecule has 4 aromatic rings. The van der Waals surface area contributed by atoms with Crippen molar-refractivity contribution in [3.05, 3.63) is 93.3 Å². The van der Waals surface area contributed by atoms with Crippen molar-refractivity contribution in [2.24, 2.45) is 0 Å². The van der Waals surface area contributed by atoms with Gasteiger partial charge in [-0.3, -0.25) is 9.59 Å². The number of nitrogens with zero attached hydrogens (tertiary/aromatic N) is 1. The number of carbonyl (C=O) groups excluding carboxylic acids is 2. The minimum Gasteiger partial charge on any atom is -0.490 e. The van der Waals surface area contributed by atoms with Crippen molar-refractivity contribution in [3.63, 3.8) is 0 Å². The number of hydrogen-bond donors (Lipinski definition) is 1. The number of thiophene rings is 1. The molecule has 184 valence electrons. The van der Waals surface area contributed by atoms with E-state index in [1.54, 1.807) is 30.3 Å². The van der Waals surface area contributed by atoms with Gasteiger partial charge in [0.1, 0.15) is 12.4 Å². The Labute approximate surface area is 219 Å². The number of rotatable bonds is 8. The van der Waals surface area contributed by atoms with Gasteiger partial charge >= 0.3 is 0 Å². The smallest absolute Gasteiger partial charge is 0.254 e. The topological polar surface area (TPSA) is 72.6 Å². The van der Waals surface area contributed by atoms with Gasteiger partial charge in [0.05, 0.1) is 28.5 Å². The van der Waals surface area contributed by atoms with Crippen molar-refractivity contribution >= 4 is 50.4 Å². The van der Waals surface area contributed by atoms with Crippen LogP contribution >= 0.6 is 22.9 Å². The number of hydrogen-bond acceptors (Lipinski definition) is 5. The van der Waals surface area contributed by atoms with E-state index in [4.69, 9.17) is 22.1 Å². The Bertz CT molecular complexity index is 1420. The number of amides is 1. The molecule has 1 aliphatic carbocycles. The van der Waals surface area contributed by atoms with E-state index in [0.29, 0.717) is 21.8 Å². The van der Waals surface area contributed by atoms with Crippen molar-refractivity contribution in [1.29, 1.82) is 0 Å². The lowest BCUT2D eigenvalue weighted by Crippen LogP contribution is -2.38. The molecule has 0 fully saturated rings. The van der Waals surface area contributed by atoms with Crippen LogP contribution in [0.1, 0.15) is 44.0 Å². The highest BCUT2D eigenvalue weighted by molar-refractivity contribution is 7.19. The van der Waals surface area contributed by atoms with Crippen molar-refractivity contribution in [2.45, 2.75) is 25.7 Å². The van der Waals surface area contributed by atoms with Crippen LogP contribution in [-0.4, -0.2) is 36.3 Å². The highest BCUT2D eigenvalue weighted by atomic mass is 35.5. The fourth-order valence-electron chi connectivity index (χ4n) is 4.63.